The van der Waals surface area contributed by atoms with Gasteiger partial charge in [0.2, 0.25) is 0 Å². The summed E-state index contributed by atoms with van der Waals surface area (Å²) in [5.74, 6) is 5.78. The number of ether oxygens (including phenoxy) is 2. The normalized spacial score (nSPS) is 32.2. The molecule has 8 atom stereocenters. The highest BCUT2D eigenvalue weighted by atomic mass is 16.5. The summed E-state index contributed by atoms with van der Waals surface area (Å²) in [5, 5.41) is 0. The molecule has 3 nitrogen and oxygen atoms in total. The van der Waals surface area contributed by atoms with E-state index in [1.54, 1.807) is 5.57 Å². The van der Waals surface area contributed by atoms with E-state index in [9.17, 15) is 4.79 Å². The Labute approximate surface area is 289 Å². The lowest BCUT2D eigenvalue weighted by atomic mass is 9.47. The van der Waals surface area contributed by atoms with Crippen LogP contribution < -0.4 is 4.74 Å². The van der Waals surface area contributed by atoms with Gasteiger partial charge in [0.15, 0.2) is 0 Å². The van der Waals surface area contributed by atoms with Crippen LogP contribution in [-0.4, -0.2) is 18.7 Å². The fourth-order valence-electron chi connectivity index (χ4n) is 11.1. The van der Waals surface area contributed by atoms with E-state index in [-0.39, 0.29) is 17.5 Å². The first-order chi connectivity index (χ1) is 22.7. The number of hydrogen-bond acceptors (Lipinski definition) is 3. The summed E-state index contributed by atoms with van der Waals surface area (Å²) in [6.07, 6.45) is 27.2. The van der Waals surface area contributed by atoms with Crippen molar-refractivity contribution in [2.24, 2.45) is 46.3 Å². The lowest BCUT2D eigenvalue weighted by molar-refractivity contribution is -0.0594. The van der Waals surface area contributed by atoms with E-state index in [0.717, 1.165) is 73.5 Å². The molecule has 3 fully saturated rings. The zero-order chi connectivity index (χ0) is 33.4. The Hall–Kier alpha value is -1.77. The molecule has 0 amide bonds. The fourth-order valence-corrected chi connectivity index (χ4v) is 11.1. The Balaban J connectivity index is 1.09. The second kappa shape index (κ2) is 16.8. The minimum Gasteiger partial charge on any atom is -0.494 e. The van der Waals surface area contributed by atoms with Crippen LogP contribution in [0.1, 0.15) is 174 Å². The molecular weight excluding hydrogens is 576 g/mol. The third-order valence-corrected chi connectivity index (χ3v) is 13.9. The summed E-state index contributed by atoms with van der Waals surface area (Å²) in [6, 6.07) is 7.61. The Kier molecular flexibility index (Phi) is 13.0. The number of allylic oxidation sites excluding steroid dienone is 1. The molecular formula is C44H70O3. The molecule has 264 valence electrons. The van der Waals surface area contributed by atoms with Crippen LogP contribution in [0.4, 0.5) is 0 Å². The van der Waals surface area contributed by atoms with Gasteiger partial charge in [-0.3, -0.25) is 0 Å². The molecule has 0 spiro atoms. The van der Waals surface area contributed by atoms with Gasteiger partial charge in [-0.1, -0.05) is 117 Å². The van der Waals surface area contributed by atoms with Gasteiger partial charge in [0, 0.05) is 6.42 Å². The molecule has 0 bridgehead atoms. The molecule has 3 saturated carbocycles. The van der Waals surface area contributed by atoms with Gasteiger partial charge in [-0.15, -0.1) is 0 Å². The van der Waals surface area contributed by atoms with Crippen LogP contribution in [0.2, 0.25) is 0 Å². The van der Waals surface area contributed by atoms with Gasteiger partial charge in [-0.2, -0.15) is 0 Å². The summed E-state index contributed by atoms with van der Waals surface area (Å²) >= 11 is 0. The predicted molar refractivity (Wildman–Crippen MR) is 197 cm³/mol. The first-order valence-electron chi connectivity index (χ1n) is 20.3. The van der Waals surface area contributed by atoms with Crippen molar-refractivity contribution in [1.82, 2.24) is 0 Å². The first kappa shape index (κ1) is 36.5. The van der Waals surface area contributed by atoms with Crippen LogP contribution >= 0.6 is 0 Å². The van der Waals surface area contributed by atoms with Crippen molar-refractivity contribution in [3.8, 4) is 5.75 Å². The highest BCUT2D eigenvalue weighted by Crippen LogP contribution is 2.67. The molecule has 0 N–H and O–H groups in total. The van der Waals surface area contributed by atoms with Crippen LogP contribution in [0.25, 0.3) is 0 Å². The molecule has 1 aromatic rings. The van der Waals surface area contributed by atoms with Gasteiger partial charge in [0.05, 0.1) is 12.2 Å². The Morgan fingerprint density at radius 2 is 1.55 bits per heavy atom. The molecule has 0 unspecified atom stereocenters. The summed E-state index contributed by atoms with van der Waals surface area (Å²) in [5.41, 5.74) is 3.03. The molecule has 0 radical (unpaired) electrons. The van der Waals surface area contributed by atoms with Crippen molar-refractivity contribution in [1.29, 1.82) is 0 Å². The van der Waals surface area contributed by atoms with E-state index in [2.05, 4.69) is 47.6 Å². The molecule has 5 rings (SSSR count). The van der Waals surface area contributed by atoms with Crippen molar-refractivity contribution in [2.75, 3.05) is 6.61 Å². The van der Waals surface area contributed by atoms with E-state index in [1.807, 2.05) is 24.3 Å². The molecule has 3 heteroatoms. The maximum atomic E-state index is 13.2. The minimum atomic E-state index is -0.185. The molecule has 4 aliphatic carbocycles. The molecule has 0 heterocycles. The number of carbonyl (C=O) groups is 1. The van der Waals surface area contributed by atoms with Gasteiger partial charge in [0.1, 0.15) is 11.9 Å². The van der Waals surface area contributed by atoms with Gasteiger partial charge >= 0.3 is 5.97 Å². The average molecular weight is 647 g/mol. The topological polar surface area (TPSA) is 35.5 Å². The van der Waals surface area contributed by atoms with Gasteiger partial charge in [-0.25, -0.2) is 4.79 Å². The average Bonchev–Trinajstić information content (AvgIpc) is 3.41. The number of rotatable bonds is 17. The number of unbranched alkanes of at least 4 members (excludes halogenated alkanes) is 7. The Morgan fingerprint density at radius 1 is 0.830 bits per heavy atom. The maximum absolute atomic E-state index is 13.2. The molecule has 4 aliphatic rings. The van der Waals surface area contributed by atoms with Gasteiger partial charge in [0.25, 0.3) is 0 Å². The van der Waals surface area contributed by atoms with Crippen LogP contribution in [0.3, 0.4) is 0 Å². The van der Waals surface area contributed by atoms with Crippen molar-refractivity contribution in [2.45, 2.75) is 170 Å². The zero-order valence-corrected chi connectivity index (χ0v) is 31.3. The summed E-state index contributed by atoms with van der Waals surface area (Å²) in [7, 11) is 0. The SMILES string of the molecule is CCCCCCCCCCOc1ccc(C(=O)O[C@H]2CC[C@@]3(C)C(=CC[C@@H]4[C@H]5CC[C@@H]([C@@H](C)CCCC(C)C)[C@@]5(C)CC[C@H]43)C2)cc1. The van der Waals surface area contributed by atoms with E-state index in [0.29, 0.717) is 11.0 Å². The summed E-state index contributed by atoms with van der Waals surface area (Å²) in [4.78, 5) is 13.2. The Bertz CT molecular complexity index is 1150. The largest absolute Gasteiger partial charge is 0.494 e. The van der Waals surface area contributed by atoms with Crippen LogP contribution in [0.5, 0.6) is 5.75 Å². The van der Waals surface area contributed by atoms with Gasteiger partial charge in [-0.05, 0) is 122 Å². The second-order valence-corrected chi connectivity index (χ2v) is 17.4. The highest BCUT2D eigenvalue weighted by molar-refractivity contribution is 5.89. The smallest absolute Gasteiger partial charge is 0.338 e. The molecule has 0 aromatic heterocycles. The number of hydrogen-bond donors (Lipinski definition) is 0. The summed E-state index contributed by atoms with van der Waals surface area (Å²) in [6.45, 7) is 15.6. The molecule has 0 aliphatic heterocycles. The predicted octanol–water partition coefficient (Wildman–Crippen LogP) is 12.8. The first-order valence-corrected chi connectivity index (χ1v) is 20.3. The third kappa shape index (κ3) is 8.70. The van der Waals surface area contributed by atoms with E-state index >= 15 is 0 Å². The maximum Gasteiger partial charge on any atom is 0.338 e. The monoisotopic (exact) mass is 647 g/mol. The Morgan fingerprint density at radius 3 is 2.28 bits per heavy atom. The van der Waals surface area contributed by atoms with E-state index < -0.39 is 0 Å². The fraction of sp³-hybridized carbons (Fsp3) is 0.795. The number of carbonyl (C=O) groups excluding carboxylic acids is 1. The third-order valence-electron chi connectivity index (χ3n) is 13.9. The van der Waals surface area contributed by atoms with E-state index in [4.69, 9.17) is 9.47 Å². The number of benzene rings is 1. The molecule has 47 heavy (non-hydrogen) atoms. The standard InChI is InChI=1S/C44H70O3/c1-7-8-9-10-11-12-13-14-30-46-36-21-18-34(19-22-36)42(45)47-37-26-28-43(5)35(31-37)20-23-38-40-25-24-39(33(4)17-15-16-32(2)3)44(40,6)29-27-41(38)43/h18-22,32-33,37-41H,7-17,23-31H2,1-6H3/t33-,37-,38+,39-,40+,41+,43-,44+/m0/s1. The van der Waals surface area contributed by atoms with Crippen LogP contribution in [0.15, 0.2) is 35.9 Å². The van der Waals surface area contributed by atoms with Crippen molar-refractivity contribution < 1.29 is 14.3 Å². The zero-order valence-electron chi connectivity index (χ0n) is 31.3. The van der Waals surface area contributed by atoms with E-state index in [1.165, 1.54) is 96.3 Å². The second-order valence-electron chi connectivity index (χ2n) is 17.4. The lowest BCUT2D eigenvalue weighted by Gasteiger charge is -2.58. The number of esters is 1. The van der Waals surface area contributed by atoms with Crippen molar-refractivity contribution >= 4 is 5.97 Å². The van der Waals surface area contributed by atoms with Crippen molar-refractivity contribution in [3.05, 3.63) is 41.5 Å². The summed E-state index contributed by atoms with van der Waals surface area (Å²) < 4.78 is 12.1. The lowest BCUT2D eigenvalue weighted by Crippen LogP contribution is -2.51. The number of fused-ring (bicyclic) bond motifs is 5. The van der Waals surface area contributed by atoms with Crippen LogP contribution in [-0.2, 0) is 4.74 Å². The van der Waals surface area contributed by atoms with Crippen molar-refractivity contribution in [3.63, 3.8) is 0 Å². The molecule has 0 saturated heterocycles. The molecule has 1 aromatic carbocycles. The van der Waals surface area contributed by atoms with Gasteiger partial charge < -0.3 is 9.47 Å². The highest BCUT2D eigenvalue weighted by Gasteiger charge is 2.59. The minimum absolute atomic E-state index is 0.00678. The quantitative estimate of drug-likeness (QED) is 0.0959. The van der Waals surface area contributed by atoms with Crippen LogP contribution in [0, 0.1) is 46.3 Å².